The Labute approximate surface area is 138 Å². The Morgan fingerprint density at radius 1 is 1.17 bits per heavy atom. The van der Waals surface area contributed by atoms with E-state index in [1.807, 2.05) is 6.07 Å². The molecular formula is C16H19N5OS. The Bertz CT molecular complexity index is 790. The predicted octanol–water partition coefficient (Wildman–Crippen LogP) is 2.07. The maximum Gasteiger partial charge on any atom is 0.150 e. The molecule has 0 unspecified atom stereocenters. The van der Waals surface area contributed by atoms with Crippen molar-refractivity contribution in [3.8, 4) is 0 Å². The minimum absolute atomic E-state index is 0.400. The van der Waals surface area contributed by atoms with E-state index in [9.17, 15) is 0 Å². The third-order valence-electron chi connectivity index (χ3n) is 4.22. The number of piperazine rings is 1. The molecule has 2 aromatic heterocycles. The van der Waals surface area contributed by atoms with E-state index in [0.29, 0.717) is 6.54 Å². The normalized spacial score (nSPS) is 16.3. The van der Waals surface area contributed by atoms with Gasteiger partial charge in [-0.15, -0.1) is 0 Å². The largest absolute Gasteiger partial charge is 0.360 e. The molecule has 6 nitrogen and oxygen atoms in total. The van der Waals surface area contributed by atoms with E-state index < -0.39 is 0 Å². The molecule has 0 spiro atoms. The maximum absolute atomic E-state index is 5.55. The second-order valence-electron chi connectivity index (χ2n) is 5.75. The van der Waals surface area contributed by atoms with Crippen LogP contribution < -0.4 is 10.6 Å². The van der Waals surface area contributed by atoms with Gasteiger partial charge in [-0.05, 0) is 23.7 Å². The third kappa shape index (κ3) is 2.95. The molecule has 1 saturated heterocycles. The first-order valence-corrected chi connectivity index (χ1v) is 8.57. The molecule has 2 N–H and O–H groups in total. The summed E-state index contributed by atoms with van der Waals surface area (Å²) in [5.41, 5.74) is 6.51. The van der Waals surface area contributed by atoms with Crippen molar-refractivity contribution in [1.82, 2.24) is 14.4 Å². The summed E-state index contributed by atoms with van der Waals surface area (Å²) in [6.07, 6.45) is 0. The average Bonchev–Trinajstić information content (AvgIpc) is 3.22. The second-order valence-corrected chi connectivity index (χ2v) is 6.56. The third-order valence-corrected chi connectivity index (χ3v) is 5.04. The SMILES string of the molecule is NCc1cc(CN2CCN(c3nsc4ccccc34)CC2)no1. The molecule has 3 heterocycles. The summed E-state index contributed by atoms with van der Waals surface area (Å²) in [7, 11) is 0. The van der Waals surface area contributed by atoms with Crippen LogP contribution in [0.1, 0.15) is 11.5 Å². The molecule has 0 aliphatic carbocycles. The van der Waals surface area contributed by atoms with Crippen molar-refractivity contribution < 1.29 is 4.52 Å². The van der Waals surface area contributed by atoms with Gasteiger partial charge in [0.2, 0.25) is 0 Å². The van der Waals surface area contributed by atoms with Gasteiger partial charge in [-0.25, -0.2) is 0 Å². The zero-order valence-electron chi connectivity index (χ0n) is 12.8. The number of nitrogens with two attached hydrogens (primary N) is 1. The van der Waals surface area contributed by atoms with Crippen molar-refractivity contribution in [1.29, 1.82) is 0 Å². The Hall–Kier alpha value is -1.96. The Kier molecular flexibility index (Phi) is 3.99. The Balaban J connectivity index is 1.40. The first kappa shape index (κ1) is 14.6. The fourth-order valence-corrected chi connectivity index (χ4v) is 3.77. The number of benzene rings is 1. The van der Waals surface area contributed by atoms with E-state index in [4.69, 9.17) is 10.3 Å². The lowest BCUT2D eigenvalue weighted by atomic mass is 10.2. The van der Waals surface area contributed by atoms with Crippen LogP contribution in [0.5, 0.6) is 0 Å². The molecule has 1 fully saturated rings. The monoisotopic (exact) mass is 329 g/mol. The number of anilines is 1. The van der Waals surface area contributed by atoms with Gasteiger partial charge in [-0.3, -0.25) is 4.90 Å². The fraction of sp³-hybridized carbons (Fsp3) is 0.375. The van der Waals surface area contributed by atoms with Gasteiger partial charge in [0.1, 0.15) is 5.82 Å². The van der Waals surface area contributed by atoms with Crippen molar-refractivity contribution in [2.45, 2.75) is 13.1 Å². The van der Waals surface area contributed by atoms with E-state index >= 15 is 0 Å². The Morgan fingerprint density at radius 2 is 2.00 bits per heavy atom. The minimum atomic E-state index is 0.400. The molecule has 0 radical (unpaired) electrons. The van der Waals surface area contributed by atoms with E-state index in [2.05, 4.69) is 43.6 Å². The van der Waals surface area contributed by atoms with Crippen molar-refractivity contribution in [3.63, 3.8) is 0 Å². The number of aromatic nitrogens is 2. The molecule has 120 valence electrons. The summed E-state index contributed by atoms with van der Waals surface area (Å²) < 4.78 is 11.1. The number of rotatable bonds is 4. The van der Waals surface area contributed by atoms with Crippen LogP contribution in [0.2, 0.25) is 0 Å². The van der Waals surface area contributed by atoms with Crippen LogP contribution in [0.15, 0.2) is 34.9 Å². The lowest BCUT2D eigenvalue weighted by Gasteiger charge is -2.34. The van der Waals surface area contributed by atoms with E-state index in [-0.39, 0.29) is 0 Å². The standard InChI is InChI=1S/C16H19N5OS/c17-10-13-9-12(18-22-13)11-20-5-7-21(8-6-20)16-14-3-1-2-4-15(14)23-19-16/h1-4,9H,5-8,10-11,17H2. The molecule has 1 aromatic carbocycles. The van der Waals surface area contributed by atoms with Gasteiger partial charge < -0.3 is 15.2 Å². The predicted molar refractivity (Wildman–Crippen MR) is 91.5 cm³/mol. The van der Waals surface area contributed by atoms with E-state index in [0.717, 1.165) is 50.0 Å². The molecule has 4 rings (SSSR count). The van der Waals surface area contributed by atoms with Gasteiger partial charge in [0.05, 0.1) is 16.9 Å². The lowest BCUT2D eigenvalue weighted by molar-refractivity contribution is 0.241. The average molecular weight is 329 g/mol. The molecule has 1 aliphatic heterocycles. The van der Waals surface area contributed by atoms with Gasteiger partial charge in [0, 0.05) is 44.2 Å². The first-order chi connectivity index (χ1) is 11.3. The van der Waals surface area contributed by atoms with Gasteiger partial charge >= 0.3 is 0 Å². The maximum atomic E-state index is 5.55. The molecule has 1 aliphatic rings. The highest BCUT2D eigenvalue weighted by atomic mass is 32.1. The highest BCUT2D eigenvalue weighted by Gasteiger charge is 2.21. The van der Waals surface area contributed by atoms with Crippen LogP contribution >= 0.6 is 11.5 Å². The number of hydrogen-bond donors (Lipinski definition) is 1. The van der Waals surface area contributed by atoms with E-state index in [1.165, 1.54) is 10.1 Å². The quantitative estimate of drug-likeness (QED) is 0.790. The van der Waals surface area contributed by atoms with Crippen LogP contribution in [0.4, 0.5) is 5.82 Å². The summed E-state index contributed by atoms with van der Waals surface area (Å²) in [5, 5.41) is 5.33. The smallest absolute Gasteiger partial charge is 0.150 e. The van der Waals surface area contributed by atoms with Crippen LogP contribution in [0.25, 0.3) is 10.1 Å². The topological polar surface area (TPSA) is 71.4 Å². The number of hydrogen-bond acceptors (Lipinski definition) is 7. The lowest BCUT2D eigenvalue weighted by Crippen LogP contribution is -2.46. The van der Waals surface area contributed by atoms with Gasteiger partial charge in [-0.1, -0.05) is 17.3 Å². The summed E-state index contributed by atoms with van der Waals surface area (Å²) in [4.78, 5) is 4.77. The number of nitrogens with zero attached hydrogens (tertiary/aromatic N) is 4. The Morgan fingerprint density at radius 3 is 2.78 bits per heavy atom. The van der Waals surface area contributed by atoms with Crippen molar-refractivity contribution in [3.05, 3.63) is 41.8 Å². The van der Waals surface area contributed by atoms with Crippen LogP contribution in [0, 0.1) is 0 Å². The van der Waals surface area contributed by atoms with Crippen molar-refractivity contribution in [2.75, 3.05) is 31.1 Å². The van der Waals surface area contributed by atoms with Crippen molar-refractivity contribution in [2.24, 2.45) is 5.73 Å². The molecule has 0 amide bonds. The summed E-state index contributed by atoms with van der Waals surface area (Å²) >= 11 is 1.58. The van der Waals surface area contributed by atoms with E-state index in [1.54, 1.807) is 11.5 Å². The zero-order chi connectivity index (χ0) is 15.6. The van der Waals surface area contributed by atoms with Gasteiger partial charge in [-0.2, -0.15) is 4.37 Å². The fourth-order valence-electron chi connectivity index (χ4n) is 2.97. The van der Waals surface area contributed by atoms with Crippen LogP contribution in [-0.4, -0.2) is 40.6 Å². The highest BCUT2D eigenvalue weighted by Crippen LogP contribution is 2.29. The van der Waals surface area contributed by atoms with Gasteiger partial charge in [0.15, 0.2) is 5.76 Å². The highest BCUT2D eigenvalue weighted by molar-refractivity contribution is 7.13. The molecule has 23 heavy (non-hydrogen) atoms. The summed E-state index contributed by atoms with van der Waals surface area (Å²) in [6.45, 7) is 5.17. The molecule has 3 aromatic rings. The molecule has 0 saturated carbocycles. The van der Waals surface area contributed by atoms with Crippen molar-refractivity contribution >= 4 is 27.4 Å². The second kappa shape index (κ2) is 6.27. The van der Waals surface area contributed by atoms with Gasteiger partial charge in [0.25, 0.3) is 0 Å². The zero-order valence-corrected chi connectivity index (χ0v) is 13.6. The summed E-state index contributed by atoms with van der Waals surface area (Å²) in [6, 6.07) is 10.4. The number of fused-ring (bicyclic) bond motifs is 1. The van der Waals surface area contributed by atoms with Crippen LogP contribution in [0.3, 0.4) is 0 Å². The van der Waals surface area contributed by atoms with Crippen LogP contribution in [-0.2, 0) is 13.1 Å². The molecular weight excluding hydrogens is 310 g/mol. The molecule has 0 bridgehead atoms. The minimum Gasteiger partial charge on any atom is -0.360 e. The molecule has 0 atom stereocenters. The first-order valence-electron chi connectivity index (χ1n) is 7.80. The molecule has 7 heteroatoms. The summed E-state index contributed by atoms with van der Waals surface area (Å²) in [5.74, 6) is 1.87.